The normalized spacial score (nSPS) is 21.9. The van der Waals surface area contributed by atoms with Crippen LogP contribution in [-0.2, 0) is 39.5 Å². The van der Waals surface area contributed by atoms with E-state index >= 15 is 0 Å². The van der Waals surface area contributed by atoms with Crippen molar-refractivity contribution >= 4 is 27.7 Å². The summed E-state index contributed by atoms with van der Waals surface area (Å²) in [6.45, 7) is 4.81. The van der Waals surface area contributed by atoms with E-state index < -0.39 is 10.0 Å². The van der Waals surface area contributed by atoms with Crippen LogP contribution < -0.4 is 5.32 Å². The number of aryl methyl sites for hydroxylation is 1. The number of sulfonamides is 1. The number of nitrogens with zero attached hydrogens (tertiary/aromatic N) is 5. The summed E-state index contributed by atoms with van der Waals surface area (Å²) in [7, 11) is 0.0395. The molecular formula is C23H38N6O5S. The van der Waals surface area contributed by atoms with E-state index in [1.54, 1.807) is 28.6 Å². The molecule has 3 amide bonds. The summed E-state index contributed by atoms with van der Waals surface area (Å²) in [4.78, 5) is 42.4. The van der Waals surface area contributed by atoms with Crippen molar-refractivity contribution < 1.29 is 22.8 Å². The van der Waals surface area contributed by atoms with Crippen LogP contribution in [0.2, 0.25) is 0 Å². The third kappa shape index (κ3) is 6.60. The summed E-state index contributed by atoms with van der Waals surface area (Å²) in [6, 6.07) is -0.0989. The monoisotopic (exact) mass is 510 g/mol. The van der Waals surface area contributed by atoms with Gasteiger partial charge in [0.1, 0.15) is 0 Å². The molecule has 196 valence electrons. The van der Waals surface area contributed by atoms with E-state index in [2.05, 4.69) is 10.4 Å². The molecule has 11 nitrogen and oxygen atoms in total. The van der Waals surface area contributed by atoms with Crippen molar-refractivity contribution in [2.75, 3.05) is 46.0 Å². The fraction of sp³-hybridized carbons (Fsp3) is 0.739. The van der Waals surface area contributed by atoms with Crippen molar-refractivity contribution in [1.29, 1.82) is 0 Å². The molecule has 1 atom stereocenters. The number of carbonyl (C=O) groups is 3. The minimum Gasteiger partial charge on any atom is -0.349 e. The molecule has 0 aromatic carbocycles. The summed E-state index contributed by atoms with van der Waals surface area (Å²) >= 11 is 0. The highest BCUT2D eigenvalue weighted by Crippen LogP contribution is 2.27. The Kier molecular flexibility index (Phi) is 8.58. The second-order valence-electron chi connectivity index (χ2n) is 9.99. The molecule has 0 radical (unpaired) electrons. The van der Waals surface area contributed by atoms with Gasteiger partial charge >= 0.3 is 0 Å². The van der Waals surface area contributed by atoms with Gasteiger partial charge in [0.05, 0.1) is 12.8 Å². The van der Waals surface area contributed by atoms with Crippen molar-refractivity contribution in [2.45, 2.75) is 52.0 Å². The van der Waals surface area contributed by atoms with Gasteiger partial charge in [0, 0.05) is 64.0 Å². The summed E-state index contributed by atoms with van der Waals surface area (Å²) in [6.07, 6.45) is 3.53. The van der Waals surface area contributed by atoms with Gasteiger partial charge in [-0.15, -0.1) is 0 Å². The van der Waals surface area contributed by atoms with Crippen LogP contribution >= 0.6 is 0 Å². The van der Waals surface area contributed by atoms with E-state index in [1.165, 1.54) is 4.31 Å². The fourth-order valence-corrected chi connectivity index (χ4v) is 5.73. The lowest BCUT2D eigenvalue weighted by atomic mass is 9.90. The Bertz CT molecular complexity index is 1070. The summed E-state index contributed by atoms with van der Waals surface area (Å²) in [5.74, 6) is -0.477. The average Bonchev–Trinajstić information content (AvgIpc) is 3.11. The molecule has 0 saturated heterocycles. The van der Waals surface area contributed by atoms with Crippen LogP contribution in [0.15, 0.2) is 0 Å². The predicted octanol–water partition coefficient (Wildman–Crippen LogP) is 0.00560. The lowest BCUT2D eigenvalue weighted by Crippen LogP contribution is -2.47. The van der Waals surface area contributed by atoms with Crippen molar-refractivity contribution in [3.05, 3.63) is 17.0 Å². The van der Waals surface area contributed by atoms with Crippen LogP contribution in [0.1, 0.15) is 54.9 Å². The van der Waals surface area contributed by atoms with E-state index in [1.807, 2.05) is 13.8 Å². The third-order valence-electron chi connectivity index (χ3n) is 6.76. The number of hydrogen-bond acceptors (Lipinski definition) is 6. The first kappa shape index (κ1) is 27.1. The highest BCUT2D eigenvalue weighted by Gasteiger charge is 2.33. The number of nitrogens with one attached hydrogen (secondary N) is 1. The minimum atomic E-state index is -3.52. The van der Waals surface area contributed by atoms with Crippen molar-refractivity contribution in [2.24, 2.45) is 13.0 Å². The van der Waals surface area contributed by atoms with E-state index in [0.29, 0.717) is 31.5 Å². The molecular weight excluding hydrogens is 472 g/mol. The van der Waals surface area contributed by atoms with E-state index in [0.717, 1.165) is 23.9 Å². The highest BCUT2D eigenvalue weighted by atomic mass is 32.2. The average molecular weight is 511 g/mol. The van der Waals surface area contributed by atoms with Crippen LogP contribution in [0.4, 0.5) is 0 Å². The molecule has 1 aliphatic carbocycles. The smallest absolute Gasteiger partial charge is 0.272 e. The zero-order chi connectivity index (χ0) is 25.9. The Hall–Kier alpha value is -2.47. The number of amides is 3. The second kappa shape index (κ2) is 11.1. The van der Waals surface area contributed by atoms with Crippen LogP contribution in [0.25, 0.3) is 0 Å². The van der Waals surface area contributed by atoms with Crippen LogP contribution in [0.5, 0.6) is 0 Å². The maximum atomic E-state index is 13.2. The molecule has 1 N–H and O–H groups in total. The van der Waals surface area contributed by atoms with Gasteiger partial charge in [-0.3, -0.25) is 19.1 Å². The van der Waals surface area contributed by atoms with E-state index in [4.69, 9.17) is 0 Å². The number of aromatic nitrogens is 2. The standard InChI is InChI=1S/C23H38N6O5S/c1-16(2)14-28-15-21(31)26(3)17-8-9-19-18(13-17)22(25-27(19)4)23(32)24-10-12-29(35(5,33)34)11-6-7-20(28)30/h16-17H,6-15H2,1-5H3,(H,24,32). The zero-order valence-electron chi connectivity index (χ0n) is 21.4. The van der Waals surface area contributed by atoms with E-state index in [9.17, 15) is 22.8 Å². The molecule has 2 heterocycles. The summed E-state index contributed by atoms with van der Waals surface area (Å²) < 4.78 is 27.5. The zero-order valence-corrected chi connectivity index (χ0v) is 22.2. The lowest BCUT2D eigenvalue weighted by Gasteiger charge is -2.34. The number of likely N-dealkylation sites (N-methyl/N-ethyl adjacent to an activating group) is 1. The number of fused-ring (bicyclic) bond motifs is 1. The van der Waals surface area contributed by atoms with Gasteiger partial charge < -0.3 is 15.1 Å². The third-order valence-corrected chi connectivity index (χ3v) is 8.07. The Morgan fingerprint density at radius 2 is 1.80 bits per heavy atom. The maximum Gasteiger partial charge on any atom is 0.272 e. The first-order chi connectivity index (χ1) is 16.4. The molecule has 3 rings (SSSR count). The van der Waals surface area contributed by atoms with Crippen LogP contribution in [0, 0.1) is 5.92 Å². The van der Waals surface area contributed by atoms with Gasteiger partial charge in [0.25, 0.3) is 5.91 Å². The second-order valence-corrected chi connectivity index (χ2v) is 12.0. The molecule has 35 heavy (non-hydrogen) atoms. The Balaban J connectivity index is 1.91. The number of hydrogen-bond donors (Lipinski definition) is 1. The first-order valence-corrected chi connectivity index (χ1v) is 14.0. The molecule has 1 aromatic heterocycles. The van der Waals surface area contributed by atoms with Gasteiger partial charge in [0.15, 0.2) is 5.69 Å². The topological polar surface area (TPSA) is 125 Å². The Morgan fingerprint density at radius 3 is 2.46 bits per heavy atom. The van der Waals surface area contributed by atoms with Crippen LogP contribution in [-0.4, -0.2) is 102 Å². The maximum absolute atomic E-state index is 13.2. The van der Waals surface area contributed by atoms with Crippen LogP contribution in [0.3, 0.4) is 0 Å². The quantitative estimate of drug-likeness (QED) is 0.611. The fourth-order valence-electron chi connectivity index (χ4n) is 4.84. The molecule has 2 aliphatic rings. The lowest BCUT2D eigenvalue weighted by molar-refractivity contribution is -0.141. The number of carbonyl (C=O) groups excluding carboxylic acids is 3. The molecule has 1 unspecified atom stereocenters. The van der Waals surface area contributed by atoms with Crippen molar-refractivity contribution in [3.8, 4) is 0 Å². The first-order valence-electron chi connectivity index (χ1n) is 12.2. The van der Waals surface area contributed by atoms with Crippen molar-refractivity contribution in [1.82, 2.24) is 29.2 Å². The summed E-state index contributed by atoms with van der Waals surface area (Å²) in [5.41, 5.74) is 2.11. The largest absolute Gasteiger partial charge is 0.349 e. The molecule has 0 saturated carbocycles. The number of rotatable bonds is 3. The van der Waals surface area contributed by atoms with Gasteiger partial charge in [0.2, 0.25) is 21.8 Å². The Morgan fingerprint density at radius 1 is 1.09 bits per heavy atom. The SMILES string of the molecule is CC(C)CN1CC(=O)N(C)C2CCc3c(c(nn3C)C(=O)NCCN(S(C)(=O)=O)CCCC1=O)C2. The van der Waals surface area contributed by atoms with Gasteiger partial charge in [-0.05, 0) is 31.6 Å². The summed E-state index contributed by atoms with van der Waals surface area (Å²) in [5, 5.41) is 7.23. The molecule has 0 fully saturated rings. The van der Waals surface area contributed by atoms with Crippen molar-refractivity contribution in [3.63, 3.8) is 0 Å². The van der Waals surface area contributed by atoms with Gasteiger partial charge in [-0.2, -0.15) is 5.10 Å². The predicted molar refractivity (Wildman–Crippen MR) is 131 cm³/mol. The Labute approximate surface area is 207 Å². The van der Waals surface area contributed by atoms with Gasteiger partial charge in [-0.1, -0.05) is 13.8 Å². The highest BCUT2D eigenvalue weighted by molar-refractivity contribution is 7.88. The van der Waals surface area contributed by atoms with E-state index in [-0.39, 0.29) is 62.3 Å². The molecule has 0 spiro atoms. The molecule has 2 bridgehead atoms. The molecule has 1 aromatic rings. The molecule has 12 heteroatoms. The minimum absolute atomic E-state index is 0.0208. The molecule has 1 aliphatic heterocycles. The van der Waals surface area contributed by atoms with Gasteiger partial charge in [-0.25, -0.2) is 12.7 Å².